The highest BCUT2D eigenvalue weighted by atomic mass is 35.5. The number of carbonyl (C=O) groups is 3. The number of anilines is 2. The summed E-state index contributed by atoms with van der Waals surface area (Å²) in [6.07, 6.45) is -0.0194. The molecule has 0 fully saturated rings. The van der Waals surface area contributed by atoms with Gasteiger partial charge in [0.05, 0.1) is 17.5 Å². The van der Waals surface area contributed by atoms with Gasteiger partial charge in [-0.05, 0) is 50.1 Å². The van der Waals surface area contributed by atoms with Gasteiger partial charge in [0.1, 0.15) is 0 Å². The van der Waals surface area contributed by atoms with E-state index in [2.05, 4.69) is 16.0 Å². The number of amides is 3. The Labute approximate surface area is 178 Å². The molecule has 1 atom stereocenters. The van der Waals surface area contributed by atoms with Gasteiger partial charge in [-0.1, -0.05) is 29.3 Å². The number of fused-ring (bicyclic) bond motifs is 1. The van der Waals surface area contributed by atoms with Gasteiger partial charge in [0.15, 0.2) is 0 Å². The minimum absolute atomic E-state index is 0.0194. The Hall–Kier alpha value is -2.51. The van der Waals surface area contributed by atoms with Crippen LogP contribution in [-0.4, -0.2) is 29.5 Å². The largest absolute Gasteiger partial charge is 0.347 e. The molecule has 3 amide bonds. The molecule has 152 valence electrons. The molecule has 0 aromatic heterocycles. The highest BCUT2D eigenvalue weighted by molar-refractivity contribution is 8.01. The van der Waals surface area contributed by atoms with E-state index in [-0.39, 0.29) is 30.7 Å². The molecule has 0 spiro atoms. The lowest BCUT2D eigenvalue weighted by Gasteiger charge is -2.23. The van der Waals surface area contributed by atoms with Crippen molar-refractivity contribution in [2.75, 3.05) is 17.2 Å². The summed E-state index contributed by atoms with van der Waals surface area (Å²) in [5.41, 5.74) is 4.46. The third-order valence-corrected chi connectivity index (χ3v) is 6.03. The molecular weight excluding hydrogens is 410 g/mol. The Kier molecular flexibility index (Phi) is 6.49. The smallest absolute Gasteiger partial charge is 0.243 e. The highest BCUT2D eigenvalue weighted by Crippen LogP contribution is 2.38. The Morgan fingerprint density at radius 3 is 2.48 bits per heavy atom. The summed E-state index contributed by atoms with van der Waals surface area (Å²) in [5, 5.41) is 8.17. The van der Waals surface area contributed by atoms with E-state index in [0.717, 1.165) is 27.3 Å². The van der Waals surface area contributed by atoms with E-state index in [1.807, 2.05) is 39.0 Å². The maximum atomic E-state index is 12.3. The molecule has 2 aromatic carbocycles. The second kappa shape index (κ2) is 8.88. The van der Waals surface area contributed by atoms with Gasteiger partial charge >= 0.3 is 0 Å². The molecule has 0 bridgehead atoms. The molecule has 0 radical (unpaired) electrons. The molecule has 0 saturated carbocycles. The average molecular weight is 432 g/mol. The summed E-state index contributed by atoms with van der Waals surface area (Å²) in [7, 11) is 0. The van der Waals surface area contributed by atoms with Crippen molar-refractivity contribution in [3.8, 4) is 0 Å². The first-order chi connectivity index (χ1) is 13.7. The maximum Gasteiger partial charge on any atom is 0.243 e. The van der Waals surface area contributed by atoms with Crippen molar-refractivity contribution in [2.24, 2.45) is 0 Å². The Balaban J connectivity index is 1.53. The van der Waals surface area contributed by atoms with Gasteiger partial charge in [-0.25, -0.2) is 0 Å². The topological polar surface area (TPSA) is 87.3 Å². The monoisotopic (exact) mass is 431 g/mol. The highest BCUT2D eigenvalue weighted by Gasteiger charge is 2.29. The summed E-state index contributed by atoms with van der Waals surface area (Å²) in [6.45, 7) is 5.70. The van der Waals surface area contributed by atoms with E-state index in [1.54, 1.807) is 12.1 Å². The first-order valence-electron chi connectivity index (χ1n) is 9.14. The van der Waals surface area contributed by atoms with Crippen molar-refractivity contribution < 1.29 is 14.4 Å². The number of hydrogen-bond acceptors (Lipinski definition) is 4. The predicted molar refractivity (Wildman–Crippen MR) is 117 cm³/mol. The van der Waals surface area contributed by atoms with E-state index in [0.29, 0.717) is 10.7 Å². The molecule has 3 rings (SSSR count). The Morgan fingerprint density at radius 1 is 1.10 bits per heavy atom. The third kappa shape index (κ3) is 5.31. The normalized spacial score (nSPS) is 15.3. The number of rotatable bonds is 5. The van der Waals surface area contributed by atoms with Crippen molar-refractivity contribution in [1.29, 1.82) is 0 Å². The molecule has 0 aliphatic carbocycles. The van der Waals surface area contributed by atoms with Crippen LogP contribution in [0.4, 0.5) is 11.4 Å². The molecule has 1 aliphatic rings. The van der Waals surface area contributed by atoms with Crippen molar-refractivity contribution in [3.05, 3.63) is 52.0 Å². The van der Waals surface area contributed by atoms with Gasteiger partial charge in [-0.3, -0.25) is 14.4 Å². The molecule has 8 heteroatoms. The van der Waals surface area contributed by atoms with Crippen LogP contribution in [0.15, 0.2) is 35.2 Å². The number of halogens is 1. The van der Waals surface area contributed by atoms with Crippen LogP contribution in [-0.2, 0) is 14.4 Å². The van der Waals surface area contributed by atoms with Crippen LogP contribution in [0, 0.1) is 20.8 Å². The van der Waals surface area contributed by atoms with E-state index < -0.39 is 5.25 Å². The zero-order chi connectivity index (χ0) is 21.1. The van der Waals surface area contributed by atoms with Crippen molar-refractivity contribution in [3.63, 3.8) is 0 Å². The SMILES string of the molecule is Cc1cc(C)c(NC(=O)CNC(=O)C[C@@H]2Sc3ccc(Cl)cc3NC2=O)c(C)c1. The molecule has 0 saturated heterocycles. The summed E-state index contributed by atoms with van der Waals surface area (Å²) >= 11 is 7.25. The summed E-state index contributed by atoms with van der Waals surface area (Å²) in [6, 6.07) is 9.21. The molecule has 1 heterocycles. The van der Waals surface area contributed by atoms with E-state index in [1.165, 1.54) is 11.8 Å². The minimum Gasteiger partial charge on any atom is -0.347 e. The predicted octanol–water partition coefficient (Wildman–Crippen LogP) is 3.82. The lowest BCUT2D eigenvalue weighted by Crippen LogP contribution is -2.38. The fraction of sp³-hybridized carbons (Fsp3) is 0.286. The molecule has 6 nitrogen and oxygen atoms in total. The van der Waals surface area contributed by atoms with Gasteiger partial charge in [0.25, 0.3) is 0 Å². The first-order valence-corrected chi connectivity index (χ1v) is 10.4. The molecule has 0 unspecified atom stereocenters. The van der Waals surface area contributed by atoms with Crippen LogP contribution in [0.5, 0.6) is 0 Å². The number of nitrogens with one attached hydrogen (secondary N) is 3. The maximum absolute atomic E-state index is 12.3. The van der Waals surface area contributed by atoms with Crippen LogP contribution in [0.25, 0.3) is 0 Å². The van der Waals surface area contributed by atoms with Gasteiger partial charge in [-0.2, -0.15) is 0 Å². The quantitative estimate of drug-likeness (QED) is 0.671. The van der Waals surface area contributed by atoms with Gasteiger partial charge < -0.3 is 16.0 Å². The second-order valence-corrected chi connectivity index (χ2v) is 8.72. The van der Waals surface area contributed by atoms with Crippen molar-refractivity contribution in [2.45, 2.75) is 37.3 Å². The minimum atomic E-state index is -0.562. The fourth-order valence-corrected chi connectivity index (χ4v) is 4.50. The number of carbonyl (C=O) groups excluding carboxylic acids is 3. The number of thioether (sulfide) groups is 1. The van der Waals surface area contributed by atoms with Crippen LogP contribution in [0.1, 0.15) is 23.1 Å². The van der Waals surface area contributed by atoms with E-state index in [4.69, 9.17) is 11.6 Å². The summed E-state index contributed by atoms with van der Waals surface area (Å²) < 4.78 is 0. The summed E-state index contributed by atoms with van der Waals surface area (Å²) in [5.74, 6) is -0.924. The van der Waals surface area contributed by atoms with Gasteiger partial charge in [0.2, 0.25) is 17.7 Å². The zero-order valence-electron chi connectivity index (χ0n) is 16.4. The average Bonchev–Trinajstić information content (AvgIpc) is 2.64. The lowest BCUT2D eigenvalue weighted by molar-refractivity contribution is -0.125. The van der Waals surface area contributed by atoms with Crippen LogP contribution < -0.4 is 16.0 Å². The standard InChI is InChI=1S/C21H22ClN3O3S/c1-11-6-12(2)20(13(3)7-11)25-19(27)10-23-18(26)9-17-21(28)24-15-8-14(22)4-5-16(15)29-17/h4-8,17H,9-10H2,1-3H3,(H,23,26)(H,24,28)(H,25,27)/t17-/m0/s1. The second-order valence-electron chi connectivity index (χ2n) is 7.04. The Bertz CT molecular complexity index is 970. The molecule has 2 aromatic rings. The van der Waals surface area contributed by atoms with Gasteiger partial charge in [-0.15, -0.1) is 11.8 Å². The van der Waals surface area contributed by atoms with Crippen molar-refractivity contribution in [1.82, 2.24) is 5.32 Å². The molecular formula is C21H22ClN3O3S. The lowest BCUT2D eigenvalue weighted by atomic mass is 10.1. The molecule has 3 N–H and O–H groups in total. The fourth-order valence-electron chi connectivity index (χ4n) is 3.24. The zero-order valence-corrected chi connectivity index (χ0v) is 18.0. The van der Waals surface area contributed by atoms with E-state index >= 15 is 0 Å². The van der Waals surface area contributed by atoms with Crippen molar-refractivity contribution >= 4 is 52.5 Å². The van der Waals surface area contributed by atoms with E-state index in [9.17, 15) is 14.4 Å². The van der Waals surface area contributed by atoms with Crippen LogP contribution >= 0.6 is 23.4 Å². The Morgan fingerprint density at radius 2 is 1.79 bits per heavy atom. The number of benzene rings is 2. The number of aryl methyl sites for hydroxylation is 3. The number of hydrogen-bond donors (Lipinski definition) is 3. The van der Waals surface area contributed by atoms with Gasteiger partial charge in [0, 0.05) is 22.0 Å². The third-order valence-electron chi connectivity index (χ3n) is 4.52. The molecule has 29 heavy (non-hydrogen) atoms. The van der Waals surface area contributed by atoms with Crippen LogP contribution in [0.2, 0.25) is 5.02 Å². The first kappa shape index (κ1) is 21.2. The molecule has 1 aliphatic heterocycles. The summed E-state index contributed by atoms with van der Waals surface area (Å²) in [4.78, 5) is 37.6. The van der Waals surface area contributed by atoms with Crippen LogP contribution in [0.3, 0.4) is 0 Å².